The fourth-order valence-electron chi connectivity index (χ4n) is 2.26. The van der Waals surface area contributed by atoms with Crippen molar-refractivity contribution in [1.29, 1.82) is 0 Å². The van der Waals surface area contributed by atoms with Crippen molar-refractivity contribution in [3.8, 4) is 0 Å². The summed E-state index contributed by atoms with van der Waals surface area (Å²) in [5.41, 5.74) is 1.03. The van der Waals surface area contributed by atoms with Crippen LogP contribution in [0.2, 0.25) is 0 Å². The fraction of sp³-hybridized carbons (Fsp3) is 0.714. The SMILES string of the molecule is CNc1cc(C)nc(CN(CC(C)C)C2CC2)n1. The van der Waals surface area contributed by atoms with E-state index in [9.17, 15) is 0 Å². The summed E-state index contributed by atoms with van der Waals surface area (Å²) in [5, 5.41) is 3.10. The van der Waals surface area contributed by atoms with Gasteiger partial charge in [0.25, 0.3) is 0 Å². The molecule has 18 heavy (non-hydrogen) atoms. The third-order valence-electron chi connectivity index (χ3n) is 3.16. The number of aryl methyl sites for hydroxylation is 1. The smallest absolute Gasteiger partial charge is 0.144 e. The Morgan fingerprint density at radius 1 is 1.39 bits per heavy atom. The first-order valence-corrected chi connectivity index (χ1v) is 6.85. The molecule has 0 aliphatic heterocycles. The van der Waals surface area contributed by atoms with E-state index >= 15 is 0 Å². The zero-order valence-electron chi connectivity index (χ0n) is 11.9. The molecule has 4 heteroatoms. The van der Waals surface area contributed by atoms with Crippen LogP contribution in [0.25, 0.3) is 0 Å². The molecule has 1 aliphatic rings. The number of nitrogens with one attached hydrogen (secondary N) is 1. The lowest BCUT2D eigenvalue weighted by Crippen LogP contribution is -2.30. The van der Waals surface area contributed by atoms with Crippen molar-refractivity contribution in [3.63, 3.8) is 0 Å². The molecule has 1 saturated carbocycles. The van der Waals surface area contributed by atoms with Crippen molar-refractivity contribution < 1.29 is 0 Å². The first kappa shape index (κ1) is 13.3. The second-order valence-corrected chi connectivity index (χ2v) is 5.62. The fourth-order valence-corrected chi connectivity index (χ4v) is 2.26. The molecule has 1 aliphatic carbocycles. The van der Waals surface area contributed by atoms with Crippen LogP contribution in [0.3, 0.4) is 0 Å². The van der Waals surface area contributed by atoms with Gasteiger partial charge in [-0.1, -0.05) is 13.8 Å². The summed E-state index contributed by atoms with van der Waals surface area (Å²) in [6, 6.07) is 2.74. The molecule has 0 saturated heterocycles. The Hall–Kier alpha value is -1.16. The summed E-state index contributed by atoms with van der Waals surface area (Å²) < 4.78 is 0. The molecule has 1 fully saturated rings. The first-order chi connectivity index (χ1) is 8.58. The van der Waals surface area contributed by atoms with E-state index in [1.807, 2.05) is 20.0 Å². The van der Waals surface area contributed by atoms with Crippen LogP contribution in [0.1, 0.15) is 38.2 Å². The van der Waals surface area contributed by atoms with E-state index in [1.165, 1.54) is 12.8 Å². The second kappa shape index (κ2) is 5.65. The van der Waals surface area contributed by atoms with E-state index in [-0.39, 0.29) is 0 Å². The molecule has 0 bridgehead atoms. The molecule has 0 aromatic carbocycles. The quantitative estimate of drug-likeness (QED) is 0.839. The van der Waals surface area contributed by atoms with E-state index in [2.05, 4.69) is 34.0 Å². The highest BCUT2D eigenvalue weighted by Crippen LogP contribution is 2.28. The zero-order valence-corrected chi connectivity index (χ0v) is 11.9. The monoisotopic (exact) mass is 248 g/mol. The molecule has 0 radical (unpaired) electrons. The highest BCUT2D eigenvalue weighted by molar-refractivity contribution is 5.34. The van der Waals surface area contributed by atoms with Crippen molar-refractivity contribution >= 4 is 5.82 Å². The molecule has 1 heterocycles. The van der Waals surface area contributed by atoms with Crippen LogP contribution < -0.4 is 5.32 Å². The largest absolute Gasteiger partial charge is 0.373 e. The lowest BCUT2D eigenvalue weighted by Gasteiger charge is -2.23. The molecule has 2 rings (SSSR count). The average molecular weight is 248 g/mol. The number of hydrogen-bond donors (Lipinski definition) is 1. The molecule has 100 valence electrons. The Kier molecular flexibility index (Phi) is 4.17. The summed E-state index contributed by atoms with van der Waals surface area (Å²) in [5.74, 6) is 2.55. The Morgan fingerprint density at radius 3 is 2.67 bits per heavy atom. The Bertz CT molecular complexity index is 399. The lowest BCUT2D eigenvalue weighted by molar-refractivity contribution is 0.220. The van der Waals surface area contributed by atoms with Gasteiger partial charge in [0, 0.05) is 31.4 Å². The normalized spacial score (nSPS) is 15.4. The Labute approximate surface area is 110 Å². The summed E-state index contributed by atoms with van der Waals surface area (Å²) in [6.45, 7) is 8.57. The van der Waals surface area contributed by atoms with Crippen molar-refractivity contribution in [2.75, 3.05) is 18.9 Å². The summed E-state index contributed by atoms with van der Waals surface area (Å²) in [4.78, 5) is 11.6. The summed E-state index contributed by atoms with van der Waals surface area (Å²) >= 11 is 0. The number of hydrogen-bond acceptors (Lipinski definition) is 4. The van der Waals surface area contributed by atoms with E-state index in [4.69, 9.17) is 0 Å². The summed E-state index contributed by atoms with van der Waals surface area (Å²) in [7, 11) is 1.90. The van der Waals surface area contributed by atoms with Gasteiger partial charge in [-0.3, -0.25) is 4.90 Å². The van der Waals surface area contributed by atoms with E-state index < -0.39 is 0 Å². The van der Waals surface area contributed by atoms with Crippen molar-refractivity contribution in [2.45, 2.75) is 46.2 Å². The van der Waals surface area contributed by atoms with Crippen LogP contribution in [0.15, 0.2) is 6.07 Å². The third-order valence-corrected chi connectivity index (χ3v) is 3.16. The van der Waals surface area contributed by atoms with Crippen molar-refractivity contribution in [1.82, 2.24) is 14.9 Å². The van der Waals surface area contributed by atoms with Gasteiger partial charge in [0.15, 0.2) is 0 Å². The molecule has 4 nitrogen and oxygen atoms in total. The lowest BCUT2D eigenvalue weighted by atomic mass is 10.2. The molecule has 1 aromatic heterocycles. The van der Waals surface area contributed by atoms with E-state index in [0.717, 1.165) is 36.5 Å². The van der Waals surface area contributed by atoms with Crippen LogP contribution in [-0.4, -0.2) is 34.5 Å². The minimum absolute atomic E-state index is 0.694. The van der Waals surface area contributed by atoms with Crippen LogP contribution in [0.4, 0.5) is 5.82 Å². The first-order valence-electron chi connectivity index (χ1n) is 6.85. The molecule has 1 N–H and O–H groups in total. The van der Waals surface area contributed by atoms with Gasteiger partial charge in [0.2, 0.25) is 0 Å². The number of nitrogens with zero attached hydrogens (tertiary/aromatic N) is 3. The molecule has 0 unspecified atom stereocenters. The van der Waals surface area contributed by atoms with Crippen molar-refractivity contribution in [3.05, 3.63) is 17.6 Å². The second-order valence-electron chi connectivity index (χ2n) is 5.62. The van der Waals surface area contributed by atoms with Gasteiger partial charge in [-0.05, 0) is 25.7 Å². The van der Waals surface area contributed by atoms with Crippen LogP contribution in [0, 0.1) is 12.8 Å². The molecular weight excluding hydrogens is 224 g/mol. The van der Waals surface area contributed by atoms with Gasteiger partial charge in [0.05, 0.1) is 6.54 Å². The van der Waals surface area contributed by atoms with Gasteiger partial charge >= 0.3 is 0 Å². The minimum Gasteiger partial charge on any atom is -0.373 e. The third kappa shape index (κ3) is 3.67. The summed E-state index contributed by atoms with van der Waals surface area (Å²) in [6.07, 6.45) is 2.66. The molecule has 0 spiro atoms. The maximum atomic E-state index is 4.55. The van der Waals surface area contributed by atoms with Gasteiger partial charge in [-0.25, -0.2) is 9.97 Å². The predicted molar refractivity (Wildman–Crippen MR) is 74.6 cm³/mol. The van der Waals surface area contributed by atoms with E-state index in [1.54, 1.807) is 0 Å². The maximum absolute atomic E-state index is 4.55. The van der Waals surface area contributed by atoms with Crippen LogP contribution in [-0.2, 0) is 6.54 Å². The highest BCUT2D eigenvalue weighted by Gasteiger charge is 2.29. The average Bonchev–Trinajstić information content (AvgIpc) is 3.10. The van der Waals surface area contributed by atoms with E-state index in [0.29, 0.717) is 5.92 Å². The van der Waals surface area contributed by atoms with Gasteiger partial charge in [-0.15, -0.1) is 0 Å². The van der Waals surface area contributed by atoms with Crippen LogP contribution >= 0.6 is 0 Å². The molecule has 0 atom stereocenters. The number of rotatable bonds is 6. The van der Waals surface area contributed by atoms with Gasteiger partial charge in [0.1, 0.15) is 11.6 Å². The minimum atomic E-state index is 0.694. The van der Waals surface area contributed by atoms with Crippen molar-refractivity contribution in [2.24, 2.45) is 5.92 Å². The highest BCUT2D eigenvalue weighted by atomic mass is 15.2. The maximum Gasteiger partial charge on any atom is 0.144 e. The standard InChI is InChI=1S/C14H24N4/c1-10(2)8-18(12-5-6-12)9-14-16-11(3)7-13(15-4)17-14/h7,10,12H,5-6,8-9H2,1-4H3,(H,15,16,17). The predicted octanol–water partition coefficient (Wildman–Crippen LogP) is 2.45. The Balaban J connectivity index is 2.07. The zero-order chi connectivity index (χ0) is 13.1. The number of anilines is 1. The molecule has 0 amide bonds. The molecule has 1 aromatic rings. The topological polar surface area (TPSA) is 41.1 Å². The van der Waals surface area contributed by atoms with Crippen LogP contribution in [0.5, 0.6) is 0 Å². The van der Waals surface area contributed by atoms with Gasteiger partial charge in [-0.2, -0.15) is 0 Å². The molecular formula is C14H24N4. The van der Waals surface area contributed by atoms with Gasteiger partial charge < -0.3 is 5.32 Å². The Morgan fingerprint density at radius 2 is 2.11 bits per heavy atom. The number of aromatic nitrogens is 2.